The van der Waals surface area contributed by atoms with E-state index in [0.717, 1.165) is 7.05 Å². The maximum Gasteiger partial charge on any atom is 0.458 e. The van der Waals surface area contributed by atoms with Crippen molar-refractivity contribution in [2.45, 2.75) is 81.1 Å². The minimum Gasteiger partial charge on any atom is -0.337 e. The number of ether oxygens (including phenoxy) is 1. The van der Waals surface area contributed by atoms with Gasteiger partial charge >= 0.3 is 24.3 Å². The van der Waals surface area contributed by atoms with Gasteiger partial charge in [0.15, 0.2) is 0 Å². The van der Waals surface area contributed by atoms with Crippen LogP contribution in [0.15, 0.2) is 12.3 Å². The molecule has 176 valence electrons. The SMILES string of the molecule is C=C[Si](C)(C)C1CCCC(N(C)C(=O)C(F)(OC(F)(F)CC(F)(F)F)C(F)(F)F)C1. The maximum absolute atomic E-state index is 14.6. The molecule has 0 aliphatic heterocycles. The molecule has 1 saturated carbocycles. The number of rotatable bonds is 7. The molecule has 0 spiro atoms. The van der Waals surface area contributed by atoms with Crippen molar-refractivity contribution in [2.24, 2.45) is 0 Å². The van der Waals surface area contributed by atoms with Gasteiger partial charge in [0.2, 0.25) is 0 Å². The lowest BCUT2D eigenvalue weighted by Gasteiger charge is -2.42. The third kappa shape index (κ3) is 6.38. The van der Waals surface area contributed by atoms with Crippen LogP contribution < -0.4 is 0 Å². The molecule has 3 nitrogen and oxygen atoms in total. The zero-order chi connectivity index (χ0) is 23.8. The van der Waals surface area contributed by atoms with E-state index in [0.29, 0.717) is 17.7 Å². The standard InChI is InChI=1S/C17H24F9NO2Si/c1-5-30(3,4)12-8-6-7-11(9-12)27(2)13(28)16(23,17(24,25)26)29-15(21,22)10-14(18,19)20/h5,11-12H,1,6-10H2,2-4H3. The van der Waals surface area contributed by atoms with E-state index >= 15 is 0 Å². The predicted molar refractivity (Wildman–Crippen MR) is 93.1 cm³/mol. The average Bonchev–Trinajstić information content (AvgIpc) is 2.56. The summed E-state index contributed by atoms with van der Waals surface area (Å²) in [6.07, 6.45) is -19.2. The summed E-state index contributed by atoms with van der Waals surface area (Å²) >= 11 is 0. The first kappa shape index (κ1) is 26.8. The van der Waals surface area contributed by atoms with E-state index in [1.807, 2.05) is 13.1 Å². The van der Waals surface area contributed by atoms with E-state index < -0.39 is 50.8 Å². The first-order valence-corrected chi connectivity index (χ1v) is 12.2. The van der Waals surface area contributed by atoms with E-state index in [1.165, 1.54) is 0 Å². The molecule has 30 heavy (non-hydrogen) atoms. The summed E-state index contributed by atoms with van der Waals surface area (Å²) in [5.41, 5.74) is 1.76. The second-order valence-corrected chi connectivity index (χ2v) is 13.0. The number of nitrogens with zero attached hydrogens (tertiary/aromatic N) is 1. The molecule has 1 aliphatic carbocycles. The topological polar surface area (TPSA) is 29.5 Å². The molecule has 0 bridgehead atoms. The monoisotopic (exact) mass is 473 g/mol. The van der Waals surface area contributed by atoms with Crippen LogP contribution in [0, 0.1) is 0 Å². The molecule has 0 heterocycles. The molecular weight excluding hydrogens is 449 g/mol. The lowest BCUT2D eigenvalue weighted by molar-refractivity contribution is -0.408. The van der Waals surface area contributed by atoms with Gasteiger partial charge < -0.3 is 4.90 Å². The van der Waals surface area contributed by atoms with Gasteiger partial charge in [-0.3, -0.25) is 9.53 Å². The molecule has 1 fully saturated rings. The van der Waals surface area contributed by atoms with Gasteiger partial charge in [0, 0.05) is 13.1 Å². The highest BCUT2D eigenvalue weighted by molar-refractivity contribution is 6.83. The Morgan fingerprint density at radius 3 is 2.07 bits per heavy atom. The number of halogens is 9. The molecule has 3 unspecified atom stereocenters. The third-order valence-electron chi connectivity index (χ3n) is 5.43. The van der Waals surface area contributed by atoms with Crippen LogP contribution >= 0.6 is 0 Å². The highest BCUT2D eigenvalue weighted by Gasteiger charge is 2.69. The van der Waals surface area contributed by atoms with Gasteiger partial charge in [-0.1, -0.05) is 25.9 Å². The first-order chi connectivity index (χ1) is 13.3. The lowest BCUT2D eigenvalue weighted by atomic mass is 9.93. The second kappa shape index (κ2) is 8.71. The van der Waals surface area contributed by atoms with E-state index in [-0.39, 0.29) is 18.4 Å². The van der Waals surface area contributed by atoms with Crippen LogP contribution in [0.2, 0.25) is 18.6 Å². The van der Waals surface area contributed by atoms with E-state index in [9.17, 15) is 44.3 Å². The van der Waals surface area contributed by atoms with Gasteiger partial charge in [-0.2, -0.15) is 39.5 Å². The maximum atomic E-state index is 14.6. The fourth-order valence-electron chi connectivity index (χ4n) is 3.45. The van der Waals surface area contributed by atoms with Crippen LogP contribution in [-0.2, 0) is 9.53 Å². The van der Waals surface area contributed by atoms with Crippen LogP contribution in [-0.4, -0.2) is 56.3 Å². The molecule has 1 amide bonds. The number of carbonyl (C=O) groups excluding carboxylic acids is 1. The van der Waals surface area contributed by atoms with Crippen LogP contribution in [0.25, 0.3) is 0 Å². The van der Waals surface area contributed by atoms with Gasteiger partial charge in [-0.15, -0.1) is 12.3 Å². The van der Waals surface area contributed by atoms with Gasteiger partial charge in [0.25, 0.3) is 5.91 Å². The molecule has 0 saturated heterocycles. The van der Waals surface area contributed by atoms with Crippen molar-refractivity contribution in [3.63, 3.8) is 0 Å². The Bertz CT molecular complexity index is 636. The lowest BCUT2D eigenvalue weighted by Crippen LogP contribution is -2.60. The highest BCUT2D eigenvalue weighted by atomic mass is 28.3. The fraction of sp³-hybridized carbons (Fsp3) is 0.824. The van der Waals surface area contributed by atoms with Crippen molar-refractivity contribution in [1.82, 2.24) is 4.90 Å². The molecule has 0 aromatic heterocycles. The molecule has 0 aromatic rings. The highest BCUT2D eigenvalue weighted by Crippen LogP contribution is 2.45. The summed E-state index contributed by atoms with van der Waals surface area (Å²) < 4.78 is 121. The molecule has 13 heteroatoms. The van der Waals surface area contributed by atoms with E-state index in [4.69, 9.17) is 0 Å². The minimum absolute atomic E-state index is 0.00325. The second-order valence-electron chi connectivity index (χ2n) is 8.08. The van der Waals surface area contributed by atoms with Crippen LogP contribution in [0.1, 0.15) is 32.1 Å². The van der Waals surface area contributed by atoms with Crippen molar-refractivity contribution in [3.05, 3.63) is 12.3 Å². The quantitative estimate of drug-likeness (QED) is 0.336. The Kier molecular flexibility index (Phi) is 7.78. The predicted octanol–water partition coefficient (Wildman–Crippen LogP) is 5.98. The zero-order valence-corrected chi connectivity index (χ0v) is 17.6. The molecular formula is C17H24F9NO2Si. The van der Waals surface area contributed by atoms with Gasteiger partial charge in [0.1, 0.15) is 6.42 Å². The smallest absolute Gasteiger partial charge is 0.337 e. The van der Waals surface area contributed by atoms with Crippen molar-refractivity contribution in [1.29, 1.82) is 0 Å². The summed E-state index contributed by atoms with van der Waals surface area (Å²) in [4.78, 5) is 12.6. The largest absolute Gasteiger partial charge is 0.458 e. The number of likely N-dealkylation sites (N-methyl/N-ethyl adjacent to an activating group) is 1. The normalized spacial score (nSPS) is 23.6. The minimum atomic E-state index is -6.32. The van der Waals surface area contributed by atoms with Crippen molar-refractivity contribution < 1.29 is 49.0 Å². The average molecular weight is 473 g/mol. The van der Waals surface area contributed by atoms with Crippen molar-refractivity contribution >= 4 is 14.0 Å². The van der Waals surface area contributed by atoms with Crippen molar-refractivity contribution in [3.8, 4) is 0 Å². The van der Waals surface area contributed by atoms with E-state index in [1.54, 1.807) is 5.70 Å². The number of hydrogen-bond acceptors (Lipinski definition) is 2. The van der Waals surface area contributed by atoms with Crippen LogP contribution in [0.3, 0.4) is 0 Å². The third-order valence-corrected chi connectivity index (χ3v) is 9.11. The summed E-state index contributed by atoms with van der Waals surface area (Å²) in [7, 11) is -1.22. The van der Waals surface area contributed by atoms with Crippen molar-refractivity contribution in [2.75, 3.05) is 7.05 Å². The molecule has 0 aromatic carbocycles. The molecule has 0 N–H and O–H groups in total. The Balaban J connectivity index is 3.15. The Hall–Kier alpha value is -1.24. The molecule has 3 atom stereocenters. The fourth-order valence-corrected chi connectivity index (χ4v) is 5.61. The molecule has 0 radical (unpaired) electrons. The first-order valence-electron chi connectivity index (χ1n) is 9.07. The zero-order valence-electron chi connectivity index (χ0n) is 16.6. The summed E-state index contributed by atoms with van der Waals surface area (Å²) in [6, 6.07) is -0.916. The van der Waals surface area contributed by atoms with Gasteiger partial charge in [0.05, 0.1) is 8.07 Å². The number of carbonyl (C=O) groups is 1. The summed E-state index contributed by atoms with van der Waals surface area (Å²) in [5, 5.41) is 0. The molecule has 1 rings (SSSR count). The Morgan fingerprint density at radius 2 is 1.63 bits per heavy atom. The van der Waals surface area contributed by atoms with E-state index in [2.05, 4.69) is 11.3 Å². The Labute approximate surface area is 169 Å². The number of amides is 1. The molecule has 1 aliphatic rings. The Morgan fingerprint density at radius 1 is 1.10 bits per heavy atom. The van der Waals surface area contributed by atoms with Gasteiger partial charge in [-0.25, -0.2) is 0 Å². The van der Waals surface area contributed by atoms with Crippen LogP contribution in [0.5, 0.6) is 0 Å². The summed E-state index contributed by atoms with van der Waals surface area (Å²) in [6.45, 7) is 7.63. The van der Waals surface area contributed by atoms with Crippen LogP contribution in [0.4, 0.5) is 39.5 Å². The summed E-state index contributed by atoms with van der Waals surface area (Å²) in [5.74, 6) is -8.14. The number of hydrogen-bond donors (Lipinski definition) is 0. The number of alkyl halides is 9. The van der Waals surface area contributed by atoms with Gasteiger partial charge in [-0.05, 0) is 18.4 Å².